The van der Waals surface area contributed by atoms with E-state index in [1.807, 2.05) is 19.9 Å². The Morgan fingerprint density at radius 2 is 2.04 bits per heavy atom. The monoisotopic (exact) mass is 359 g/mol. The van der Waals surface area contributed by atoms with Crippen molar-refractivity contribution < 1.29 is 13.9 Å². The van der Waals surface area contributed by atoms with E-state index < -0.39 is 11.5 Å². The lowest BCUT2D eigenvalue weighted by atomic mass is 9.95. The molecule has 2 aromatic heterocycles. The van der Waals surface area contributed by atoms with Crippen LogP contribution in [0.5, 0.6) is 0 Å². The van der Waals surface area contributed by atoms with Crippen molar-refractivity contribution in [3.8, 4) is 0 Å². The first-order chi connectivity index (χ1) is 12.4. The topological polar surface area (TPSA) is 86.4 Å². The van der Waals surface area contributed by atoms with Gasteiger partial charge in [-0.2, -0.15) is 5.10 Å². The second-order valence-electron chi connectivity index (χ2n) is 6.72. The van der Waals surface area contributed by atoms with Gasteiger partial charge < -0.3 is 14.5 Å². The summed E-state index contributed by atoms with van der Waals surface area (Å²) in [6.07, 6.45) is 2.38. The third-order valence-electron chi connectivity index (χ3n) is 4.95. The van der Waals surface area contributed by atoms with Crippen LogP contribution in [0.4, 0.5) is 5.82 Å². The summed E-state index contributed by atoms with van der Waals surface area (Å²) in [5.41, 5.74) is 1.89. The summed E-state index contributed by atoms with van der Waals surface area (Å²) in [4.78, 5) is 25.2. The summed E-state index contributed by atoms with van der Waals surface area (Å²) in [5, 5.41) is 7.17. The number of hydrogen-bond acceptors (Lipinski definition) is 5. The highest BCUT2D eigenvalue weighted by molar-refractivity contribution is 6.04. The summed E-state index contributed by atoms with van der Waals surface area (Å²) >= 11 is 0. The first kappa shape index (κ1) is 18.4. The smallest absolute Gasteiger partial charge is 0.349 e. The first-order valence-corrected chi connectivity index (χ1v) is 8.98. The molecule has 1 aliphatic heterocycles. The Hall–Kier alpha value is -2.41. The fraction of sp³-hybridized carbons (Fsp3) is 0.526. The molecular formula is C19H25N3O4. The summed E-state index contributed by atoms with van der Waals surface area (Å²) in [7, 11) is 1.77. The highest BCUT2D eigenvalue weighted by atomic mass is 16.5. The second-order valence-corrected chi connectivity index (χ2v) is 6.72. The highest BCUT2D eigenvalue weighted by Gasteiger charge is 2.24. The second kappa shape index (κ2) is 7.45. The van der Waals surface area contributed by atoms with Gasteiger partial charge in [-0.1, -0.05) is 6.92 Å². The average molecular weight is 359 g/mol. The van der Waals surface area contributed by atoms with E-state index in [9.17, 15) is 9.59 Å². The Bertz CT molecular complexity index is 876. The maximum atomic E-state index is 12.7. The Balaban J connectivity index is 1.89. The number of aromatic nitrogens is 2. The molecule has 0 aliphatic carbocycles. The van der Waals surface area contributed by atoms with Crippen LogP contribution in [-0.4, -0.2) is 28.9 Å². The third-order valence-corrected chi connectivity index (χ3v) is 4.95. The molecule has 0 aromatic carbocycles. The Kier molecular flexibility index (Phi) is 5.27. The van der Waals surface area contributed by atoms with Crippen LogP contribution in [0, 0.1) is 13.8 Å². The molecule has 3 rings (SSSR count). The number of hydrogen-bond donors (Lipinski definition) is 1. The van der Waals surface area contributed by atoms with Crippen molar-refractivity contribution in [3.05, 3.63) is 44.6 Å². The molecule has 1 N–H and O–H groups in total. The molecular weight excluding hydrogens is 334 g/mol. The van der Waals surface area contributed by atoms with Crippen LogP contribution >= 0.6 is 0 Å². The van der Waals surface area contributed by atoms with Crippen LogP contribution in [-0.2, 0) is 18.2 Å². The van der Waals surface area contributed by atoms with Crippen molar-refractivity contribution in [3.63, 3.8) is 0 Å². The predicted octanol–water partition coefficient (Wildman–Crippen LogP) is 2.70. The minimum Gasteiger partial charge on any atom is -0.427 e. The van der Waals surface area contributed by atoms with Crippen molar-refractivity contribution in [2.24, 2.45) is 7.05 Å². The molecule has 0 atom stereocenters. The van der Waals surface area contributed by atoms with E-state index in [1.54, 1.807) is 18.7 Å². The zero-order valence-electron chi connectivity index (χ0n) is 15.7. The first-order valence-electron chi connectivity index (χ1n) is 8.98. The van der Waals surface area contributed by atoms with E-state index >= 15 is 0 Å². The van der Waals surface area contributed by atoms with Gasteiger partial charge in [-0.15, -0.1) is 0 Å². The van der Waals surface area contributed by atoms with Gasteiger partial charge in [0.25, 0.3) is 5.91 Å². The molecule has 3 heterocycles. The van der Waals surface area contributed by atoms with Gasteiger partial charge >= 0.3 is 5.63 Å². The van der Waals surface area contributed by atoms with Gasteiger partial charge in [0.1, 0.15) is 17.1 Å². The van der Waals surface area contributed by atoms with Crippen LogP contribution in [0.15, 0.2) is 15.3 Å². The van der Waals surface area contributed by atoms with Crippen molar-refractivity contribution in [2.45, 2.75) is 46.0 Å². The van der Waals surface area contributed by atoms with E-state index in [0.717, 1.165) is 30.5 Å². The zero-order valence-corrected chi connectivity index (χ0v) is 15.7. The molecule has 1 saturated heterocycles. The van der Waals surface area contributed by atoms with Gasteiger partial charge in [0, 0.05) is 31.7 Å². The predicted molar refractivity (Wildman–Crippen MR) is 97.8 cm³/mol. The SMILES string of the molecule is CCc1c(C)nn(C)c1NC(=O)c1c(C)cc(C2CCOCC2)oc1=O. The summed E-state index contributed by atoms with van der Waals surface area (Å²) in [6, 6.07) is 1.81. The fourth-order valence-corrected chi connectivity index (χ4v) is 3.54. The molecule has 7 nitrogen and oxygen atoms in total. The summed E-state index contributed by atoms with van der Waals surface area (Å²) < 4.78 is 12.5. The number of nitrogens with zero attached hydrogens (tertiary/aromatic N) is 2. The average Bonchev–Trinajstić information content (AvgIpc) is 2.87. The minimum absolute atomic E-state index is 0.0433. The maximum absolute atomic E-state index is 12.7. The lowest BCUT2D eigenvalue weighted by Gasteiger charge is -2.21. The molecule has 7 heteroatoms. The molecule has 140 valence electrons. The molecule has 0 saturated carbocycles. The van der Waals surface area contributed by atoms with Crippen molar-refractivity contribution in [1.29, 1.82) is 0 Å². The van der Waals surface area contributed by atoms with Crippen molar-refractivity contribution in [1.82, 2.24) is 9.78 Å². The van der Waals surface area contributed by atoms with Crippen LogP contribution in [0.2, 0.25) is 0 Å². The van der Waals surface area contributed by atoms with Crippen molar-refractivity contribution >= 4 is 11.7 Å². The Morgan fingerprint density at radius 3 is 2.65 bits per heavy atom. The van der Waals surface area contributed by atoms with Crippen LogP contribution < -0.4 is 10.9 Å². The van der Waals surface area contributed by atoms with Crippen molar-refractivity contribution in [2.75, 3.05) is 18.5 Å². The number of anilines is 1. The fourth-order valence-electron chi connectivity index (χ4n) is 3.54. The van der Waals surface area contributed by atoms with E-state index in [4.69, 9.17) is 9.15 Å². The maximum Gasteiger partial charge on any atom is 0.349 e. The van der Waals surface area contributed by atoms with Crippen LogP contribution in [0.25, 0.3) is 0 Å². The summed E-state index contributed by atoms with van der Waals surface area (Å²) in [6.45, 7) is 6.99. The number of carbonyl (C=O) groups is 1. The van der Waals surface area contributed by atoms with Gasteiger partial charge in [0.05, 0.1) is 5.69 Å². The zero-order chi connectivity index (χ0) is 18.8. The molecule has 2 aromatic rings. The number of rotatable bonds is 4. The number of ether oxygens (including phenoxy) is 1. The van der Waals surface area contributed by atoms with Gasteiger partial charge in [-0.25, -0.2) is 4.79 Å². The highest BCUT2D eigenvalue weighted by Crippen LogP contribution is 2.27. The van der Waals surface area contributed by atoms with E-state index in [0.29, 0.717) is 30.4 Å². The Labute approximate surface area is 152 Å². The number of amides is 1. The van der Waals surface area contributed by atoms with E-state index in [2.05, 4.69) is 10.4 Å². The van der Waals surface area contributed by atoms with Gasteiger partial charge in [0.2, 0.25) is 0 Å². The largest absolute Gasteiger partial charge is 0.427 e. The normalized spacial score (nSPS) is 15.2. The van der Waals surface area contributed by atoms with Crippen LogP contribution in [0.1, 0.15) is 58.6 Å². The standard InChI is InChI=1S/C19H25N3O4/c1-5-14-12(3)21-22(4)17(14)20-18(23)16-11(2)10-15(26-19(16)24)13-6-8-25-9-7-13/h10,13H,5-9H2,1-4H3,(H,20,23). The molecule has 26 heavy (non-hydrogen) atoms. The molecule has 0 bridgehead atoms. The number of carbonyl (C=O) groups excluding carboxylic acids is 1. The molecule has 0 spiro atoms. The van der Waals surface area contributed by atoms with Gasteiger partial charge in [-0.3, -0.25) is 9.48 Å². The number of aryl methyl sites for hydroxylation is 3. The molecule has 1 fully saturated rings. The van der Waals surface area contributed by atoms with Crippen LogP contribution in [0.3, 0.4) is 0 Å². The lowest BCUT2D eigenvalue weighted by molar-refractivity contribution is 0.0796. The summed E-state index contributed by atoms with van der Waals surface area (Å²) in [5.74, 6) is 0.950. The van der Waals surface area contributed by atoms with E-state index in [1.165, 1.54) is 0 Å². The molecule has 0 unspecified atom stereocenters. The van der Waals surface area contributed by atoms with Gasteiger partial charge in [-0.05, 0) is 44.7 Å². The quantitative estimate of drug-likeness (QED) is 0.907. The molecule has 0 radical (unpaired) electrons. The lowest BCUT2D eigenvalue weighted by Crippen LogP contribution is -2.25. The third kappa shape index (κ3) is 3.44. The number of nitrogens with one attached hydrogen (secondary N) is 1. The van der Waals surface area contributed by atoms with Gasteiger partial charge in [0.15, 0.2) is 0 Å². The molecule has 1 amide bonds. The molecule has 1 aliphatic rings. The minimum atomic E-state index is -0.596. The van der Waals surface area contributed by atoms with E-state index in [-0.39, 0.29) is 11.5 Å². The Morgan fingerprint density at radius 1 is 1.35 bits per heavy atom.